The van der Waals surface area contributed by atoms with Crippen molar-refractivity contribution in [2.75, 3.05) is 0 Å². The Bertz CT molecular complexity index is 610. The minimum absolute atomic E-state index is 0.366. The molecule has 2 aromatic rings. The zero-order valence-electron chi connectivity index (χ0n) is 11.0. The zero-order chi connectivity index (χ0) is 14.0. The molecule has 0 aromatic carbocycles. The molecule has 0 amide bonds. The first-order valence-electron chi connectivity index (χ1n) is 5.95. The lowest BCUT2D eigenvalue weighted by Crippen LogP contribution is -2.39. The molecule has 0 saturated carbocycles. The Labute approximate surface area is 110 Å². The molecule has 1 N–H and O–H groups in total. The molecular formula is C12H15N5O2. The Balaban J connectivity index is 2.61. The number of carboxylic acid groups (broad SMARTS) is 1. The van der Waals surface area contributed by atoms with E-state index in [1.165, 1.54) is 4.68 Å². The summed E-state index contributed by atoms with van der Waals surface area (Å²) in [5.41, 5.74) is 0.291. The maximum atomic E-state index is 11.5. The van der Waals surface area contributed by atoms with Gasteiger partial charge in [0.1, 0.15) is 5.69 Å². The van der Waals surface area contributed by atoms with E-state index in [1.807, 2.05) is 19.1 Å². The number of aromatic nitrogens is 5. The minimum atomic E-state index is -1.19. The maximum Gasteiger partial charge on any atom is 0.331 e. The second-order valence-corrected chi connectivity index (χ2v) is 4.52. The van der Waals surface area contributed by atoms with Gasteiger partial charge in [-0.3, -0.25) is 4.98 Å². The molecule has 0 bridgehead atoms. The van der Waals surface area contributed by atoms with Crippen molar-refractivity contribution in [1.82, 2.24) is 25.2 Å². The summed E-state index contributed by atoms with van der Waals surface area (Å²) < 4.78 is 1.32. The van der Waals surface area contributed by atoms with Gasteiger partial charge in [0.05, 0.1) is 0 Å². The van der Waals surface area contributed by atoms with Crippen LogP contribution in [0.3, 0.4) is 0 Å². The van der Waals surface area contributed by atoms with Crippen LogP contribution in [-0.2, 0) is 10.3 Å². The highest BCUT2D eigenvalue weighted by atomic mass is 16.4. The van der Waals surface area contributed by atoms with Crippen LogP contribution in [0.2, 0.25) is 0 Å². The molecule has 19 heavy (non-hydrogen) atoms. The van der Waals surface area contributed by atoms with E-state index in [9.17, 15) is 9.90 Å². The number of carboxylic acids is 1. The summed E-state index contributed by atoms with van der Waals surface area (Å²) in [6, 6.07) is 3.69. The number of aliphatic carboxylic acids is 1. The average Bonchev–Trinajstić information content (AvgIpc) is 2.87. The Morgan fingerprint density at radius 3 is 2.84 bits per heavy atom. The van der Waals surface area contributed by atoms with Crippen molar-refractivity contribution >= 4 is 5.97 Å². The van der Waals surface area contributed by atoms with E-state index in [1.54, 1.807) is 20.0 Å². The first-order valence-corrected chi connectivity index (χ1v) is 5.95. The quantitative estimate of drug-likeness (QED) is 0.890. The van der Waals surface area contributed by atoms with Crippen molar-refractivity contribution < 1.29 is 9.90 Å². The predicted octanol–water partition coefficient (Wildman–Crippen LogP) is 1.25. The van der Waals surface area contributed by atoms with Crippen LogP contribution in [0.4, 0.5) is 0 Å². The van der Waals surface area contributed by atoms with Gasteiger partial charge in [-0.05, 0) is 42.3 Å². The van der Waals surface area contributed by atoms with Gasteiger partial charge in [-0.15, -0.1) is 5.10 Å². The summed E-state index contributed by atoms with van der Waals surface area (Å²) in [5, 5.41) is 20.8. The number of carbonyl (C=O) groups is 1. The third-order valence-electron chi connectivity index (χ3n) is 3.31. The number of nitrogens with zero attached hydrogens (tertiary/aromatic N) is 5. The van der Waals surface area contributed by atoms with E-state index in [4.69, 9.17) is 0 Å². The fourth-order valence-corrected chi connectivity index (χ4v) is 1.78. The third-order valence-corrected chi connectivity index (χ3v) is 3.31. The SMILES string of the molecule is CCC(C)(C(=O)O)n1nnnc1-c1ncccc1C. The Morgan fingerprint density at radius 1 is 1.53 bits per heavy atom. The monoisotopic (exact) mass is 261 g/mol. The van der Waals surface area contributed by atoms with Gasteiger partial charge >= 0.3 is 5.97 Å². The molecule has 2 aromatic heterocycles. The minimum Gasteiger partial charge on any atom is -0.479 e. The first-order chi connectivity index (χ1) is 9.00. The number of hydrogen-bond donors (Lipinski definition) is 1. The van der Waals surface area contributed by atoms with Gasteiger partial charge < -0.3 is 5.11 Å². The van der Waals surface area contributed by atoms with Crippen LogP contribution in [0.5, 0.6) is 0 Å². The highest BCUT2D eigenvalue weighted by molar-refractivity contribution is 5.77. The van der Waals surface area contributed by atoms with Crippen molar-refractivity contribution in [1.29, 1.82) is 0 Å². The van der Waals surface area contributed by atoms with Crippen molar-refractivity contribution in [2.45, 2.75) is 32.7 Å². The van der Waals surface area contributed by atoms with Crippen molar-refractivity contribution in [3.05, 3.63) is 23.9 Å². The standard InChI is InChI=1S/C12H15N5O2/c1-4-12(3,11(18)19)17-10(14-15-16-17)9-8(2)6-5-7-13-9/h5-7H,4H2,1-3H3,(H,18,19). The predicted molar refractivity (Wildman–Crippen MR) is 67.4 cm³/mol. The smallest absolute Gasteiger partial charge is 0.331 e. The summed E-state index contributed by atoms with van der Waals surface area (Å²) >= 11 is 0. The highest BCUT2D eigenvalue weighted by Gasteiger charge is 2.37. The zero-order valence-corrected chi connectivity index (χ0v) is 11.0. The first kappa shape index (κ1) is 13.1. The molecule has 0 radical (unpaired) electrons. The van der Waals surface area contributed by atoms with Gasteiger partial charge in [0.15, 0.2) is 5.54 Å². The van der Waals surface area contributed by atoms with Crippen molar-refractivity contribution in [3.8, 4) is 11.5 Å². The number of hydrogen-bond acceptors (Lipinski definition) is 5. The van der Waals surface area contributed by atoms with E-state index < -0.39 is 11.5 Å². The number of aryl methyl sites for hydroxylation is 1. The molecule has 7 heteroatoms. The van der Waals surface area contributed by atoms with Crippen LogP contribution in [0.1, 0.15) is 25.8 Å². The third kappa shape index (κ3) is 2.07. The van der Waals surface area contributed by atoms with E-state index in [2.05, 4.69) is 20.5 Å². The van der Waals surface area contributed by atoms with Crippen LogP contribution >= 0.6 is 0 Å². The van der Waals surface area contributed by atoms with Gasteiger partial charge in [-0.25, -0.2) is 9.48 Å². The maximum absolute atomic E-state index is 11.5. The summed E-state index contributed by atoms with van der Waals surface area (Å²) in [7, 11) is 0. The lowest BCUT2D eigenvalue weighted by molar-refractivity contribution is -0.147. The fraction of sp³-hybridized carbons (Fsp3) is 0.417. The Kier molecular flexibility index (Phi) is 3.28. The van der Waals surface area contributed by atoms with Crippen LogP contribution in [0.25, 0.3) is 11.5 Å². The van der Waals surface area contributed by atoms with E-state index >= 15 is 0 Å². The molecule has 0 aliphatic rings. The molecule has 0 aliphatic carbocycles. The number of rotatable bonds is 4. The molecule has 7 nitrogen and oxygen atoms in total. The molecule has 0 fully saturated rings. The largest absolute Gasteiger partial charge is 0.479 e. The molecule has 0 saturated heterocycles. The topological polar surface area (TPSA) is 93.8 Å². The lowest BCUT2D eigenvalue weighted by atomic mass is 9.99. The Morgan fingerprint density at radius 2 is 2.26 bits per heavy atom. The highest BCUT2D eigenvalue weighted by Crippen LogP contribution is 2.26. The molecule has 1 atom stereocenters. The molecule has 0 spiro atoms. The second kappa shape index (κ2) is 4.75. The summed E-state index contributed by atoms with van der Waals surface area (Å²) in [4.78, 5) is 15.7. The molecule has 2 heterocycles. The van der Waals surface area contributed by atoms with Gasteiger partial charge in [0.2, 0.25) is 5.82 Å². The molecular weight excluding hydrogens is 246 g/mol. The molecule has 100 valence electrons. The van der Waals surface area contributed by atoms with Crippen LogP contribution in [0, 0.1) is 6.92 Å². The summed E-state index contributed by atoms with van der Waals surface area (Å²) in [5.74, 6) is -0.609. The second-order valence-electron chi connectivity index (χ2n) is 4.52. The molecule has 0 aliphatic heterocycles. The average molecular weight is 261 g/mol. The van der Waals surface area contributed by atoms with E-state index in [0.29, 0.717) is 17.9 Å². The normalized spacial score (nSPS) is 14.1. The van der Waals surface area contributed by atoms with Gasteiger partial charge in [0, 0.05) is 6.20 Å². The number of tetrazole rings is 1. The van der Waals surface area contributed by atoms with Crippen molar-refractivity contribution in [3.63, 3.8) is 0 Å². The van der Waals surface area contributed by atoms with Gasteiger partial charge in [-0.1, -0.05) is 13.0 Å². The van der Waals surface area contributed by atoms with Crippen LogP contribution in [-0.4, -0.2) is 36.3 Å². The Hall–Kier alpha value is -2.31. The summed E-state index contributed by atoms with van der Waals surface area (Å²) in [6.45, 7) is 5.25. The number of pyridine rings is 1. The van der Waals surface area contributed by atoms with Gasteiger partial charge in [-0.2, -0.15) is 0 Å². The van der Waals surface area contributed by atoms with Gasteiger partial charge in [0.25, 0.3) is 0 Å². The van der Waals surface area contributed by atoms with E-state index in [0.717, 1.165) is 5.56 Å². The lowest BCUT2D eigenvalue weighted by Gasteiger charge is -2.23. The molecule has 1 unspecified atom stereocenters. The van der Waals surface area contributed by atoms with Crippen LogP contribution in [0.15, 0.2) is 18.3 Å². The summed E-state index contributed by atoms with van der Waals surface area (Å²) in [6.07, 6.45) is 2.00. The van der Waals surface area contributed by atoms with Crippen molar-refractivity contribution in [2.24, 2.45) is 0 Å². The van der Waals surface area contributed by atoms with E-state index in [-0.39, 0.29) is 0 Å². The van der Waals surface area contributed by atoms with Crippen LogP contribution < -0.4 is 0 Å². The fourth-order valence-electron chi connectivity index (χ4n) is 1.78. The molecule has 2 rings (SSSR count).